The molecule has 0 bridgehead atoms. The zero-order chi connectivity index (χ0) is 22.8. The molecule has 1 aliphatic heterocycles. The van der Waals surface area contributed by atoms with Crippen LogP contribution in [0.25, 0.3) is 11.3 Å². The van der Waals surface area contributed by atoms with Crippen LogP contribution < -0.4 is 9.64 Å². The Morgan fingerprint density at radius 2 is 2.00 bits per heavy atom. The number of nitrogens with zero attached hydrogens (tertiary/aromatic N) is 3. The number of fused-ring (bicyclic) bond motifs is 1. The second-order valence-corrected chi connectivity index (χ2v) is 9.78. The SMILES string of the molecule is COc1ccc(-c2nc(N3CC[C@@H]3C(F)(F)F)nc3c2CCC3(F)F)cc1S(C)(=N)=O. The van der Waals surface area contributed by atoms with Gasteiger partial charge in [-0.15, -0.1) is 0 Å². The van der Waals surface area contributed by atoms with E-state index < -0.39 is 45.9 Å². The molecule has 2 aromatic rings. The number of hydrogen-bond donors (Lipinski definition) is 1. The zero-order valence-electron chi connectivity index (χ0n) is 16.6. The molecule has 1 unspecified atom stereocenters. The lowest BCUT2D eigenvalue weighted by Gasteiger charge is -2.42. The summed E-state index contributed by atoms with van der Waals surface area (Å²) in [5, 5.41) is 0. The van der Waals surface area contributed by atoms with E-state index in [-0.39, 0.29) is 46.9 Å². The summed E-state index contributed by atoms with van der Waals surface area (Å²) in [6, 6.07) is 2.45. The number of ether oxygens (including phenoxy) is 1. The van der Waals surface area contributed by atoms with Crippen LogP contribution in [0.5, 0.6) is 5.75 Å². The van der Waals surface area contributed by atoms with Crippen molar-refractivity contribution in [2.24, 2.45) is 0 Å². The van der Waals surface area contributed by atoms with Crippen molar-refractivity contribution in [3.63, 3.8) is 0 Å². The van der Waals surface area contributed by atoms with Gasteiger partial charge in [-0.25, -0.2) is 19.0 Å². The Labute approximate surface area is 175 Å². The van der Waals surface area contributed by atoms with Gasteiger partial charge in [0.15, 0.2) is 0 Å². The Hall–Kier alpha value is -2.50. The molecule has 0 radical (unpaired) electrons. The van der Waals surface area contributed by atoms with Gasteiger partial charge in [-0.05, 0) is 31.0 Å². The highest BCUT2D eigenvalue weighted by Crippen LogP contribution is 2.46. The predicted molar refractivity (Wildman–Crippen MR) is 103 cm³/mol. The highest BCUT2D eigenvalue weighted by Gasteiger charge is 2.51. The Balaban J connectivity index is 1.91. The molecule has 1 N–H and O–H groups in total. The first-order valence-corrected chi connectivity index (χ1v) is 11.3. The smallest absolute Gasteiger partial charge is 0.408 e. The van der Waals surface area contributed by atoms with Gasteiger partial charge in [0, 0.05) is 30.3 Å². The maximum absolute atomic E-state index is 14.5. The average molecular weight is 462 g/mol. The second kappa shape index (κ2) is 7.01. The Morgan fingerprint density at radius 3 is 2.55 bits per heavy atom. The van der Waals surface area contributed by atoms with Gasteiger partial charge in [0.05, 0.1) is 27.4 Å². The quantitative estimate of drug-likeness (QED) is 0.683. The number of benzene rings is 1. The maximum atomic E-state index is 14.5. The number of alkyl halides is 5. The van der Waals surface area contributed by atoms with Crippen molar-refractivity contribution in [3.8, 4) is 17.0 Å². The van der Waals surface area contributed by atoms with Crippen molar-refractivity contribution in [2.75, 3.05) is 24.8 Å². The largest absolute Gasteiger partial charge is 0.495 e. The molecule has 1 fully saturated rings. The molecule has 6 nitrogen and oxygen atoms in total. The third kappa shape index (κ3) is 3.70. The Bertz CT molecular complexity index is 1150. The van der Waals surface area contributed by atoms with Crippen molar-refractivity contribution >= 4 is 15.7 Å². The van der Waals surface area contributed by atoms with E-state index in [0.717, 1.165) is 4.90 Å². The van der Waals surface area contributed by atoms with Gasteiger partial charge in [-0.3, -0.25) is 0 Å². The maximum Gasteiger partial charge on any atom is 0.408 e. The van der Waals surface area contributed by atoms with Crippen LogP contribution in [0.15, 0.2) is 23.1 Å². The minimum absolute atomic E-state index is 0.00264. The van der Waals surface area contributed by atoms with E-state index in [1.54, 1.807) is 0 Å². The lowest BCUT2D eigenvalue weighted by atomic mass is 10.0. The average Bonchev–Trinajstić information content (AvgIpc) is 2.92. The molecule has 1 aromatic carbocycles. The van der Waals surface area contributed by atoms with Gasteiger partial charge in [0.1, 0.15) is 17.5 Å². The van der Waals surface area contributed by atoms with Crippen molar-refractivity contribution < 1.29 is 30.9 Å². The zero-order valence-corrected chi connectivity index (χ0v) is 17.4. The molecule has 1 aromatic heterocycles. The van der Waals surface area contributed by atoms with Gasteiger partial charge in [0.25, 0.3) is 5.92 Å². The van der Waals surface area contributed by atoms with E-state index in [2.05, 4.69) is 9.97 Å². The van der Waals surface area contributed by atoms with E-state index in [1.165, 1.54) is 31.6 Å². The van der Waals surface area contributed by atoms with E-state index in [0.29, 0.717) is 0 Å². The van der Waals surface area contributed by atoms with E-state index in [1.807, 2.05) is 0 Å². The molecule has 0 saturated carbocycles. The predicted octanol–water partition coefficient (Wildman–Crippen LogP) is 4.37. The molecule has 4 rings (SSSR count). The first-order chi connectivity index (χ1) is 14.3. The second-order valence-electron chi connectivity index (χ2n) is 7.65. The summed E-state index contributed by atoms with van der Waals surface area (Å²) in [7, 11) is -1.90. The van der Waals surface area contributed by atoms with Crippen LogP contribution in [0, 0.1) is 4.78 Å². The first kappa shape index (κ1) is 21.7. The fourth-order valence-corrected chi connectivity index (χ4v) is 4.76. The molecular weight excluding hydrogens is 443 g/mol. The minimum Gasteiger partial charge on any atom is -0.495 e. The highest BCUT2D eigenvalue weighted by molar-refractivity contribution is 7.91. The van der Waals surface area contributed by atoms with Gasteiger partial charge in [0.2, 0.25) is 5.95 Å². The van der Waals surface area contributed by atoms with Crippen molar-refractivity contribution in [2.45, 2.75) is 42.3 Å². The lowest BCUT2D eigenvalue weighted by Crippen LogP contribution is -2.56. The van der Waals surface area contributed by atoms with Crippen LogP contribution in [0.2, 0.25) is 0 Å². The van der Waals surface area contributed by atoms with Crippen LogP contribution in [0.3, 0.4) is 0 Å². The molecular formula is C19H19F5N4O2S. The molecule has 1 aliphatic carbocycles. The summed E-state index contributed by atoms with van der Waals surface area (Å²) in [6.45, 7) is -0.00264. The summed E-state index contributed by atoms with van der Waals surface area (Å²) < 4.78 is 94.1. The highest BCUT2D eigenvalue weighted by atomic mass is 32.2. The summed E-state index contributed by atoms with van der Waals surface area (Å²) in [5.41, 5.74) is -0.126. The molecule has 0 amide bonds. The van der Waals surface area contributed by atoms with Gasteiger partial charge in [-0.2, -0.15) is 22.0 Å². The number of rotatable bonds is 4. The molecule has 12 heteroatoms. The fraction of sp³-hybridized carbons (Fsp3) is 0.474. The van der Waals surface area contributed by atoms with Crippen LogP contribution in [0.1, 0.15) is 24.1 Å². The summed E-state index contributed by atoms with van der Waals surface area (Å²) in [5.74, 6) is -3.52. The number of anilines is 1. The molecule has 168 valence electrons. The summed E-state index contributed by atoms with van der Waals surface area (Å²) in [6.07, 6.45) is -4.09. The number of nitrogens with one attached hydrogen (secondary N) is 1. The van der Waals surface area contributed by atoms with Gasteiger partial charge in [-0.1, -0.05) is 0 Å². The minimum atomic E-state index is -4.53. The van der Waals surface area contributed by atoms with Crippen molar-refractivity contribution in [3.05, 3.63) is 29.5 Å². The topological polar surface area (TPSA) is 79.2 Å². The van der Waals surface area contributed by atoms with E-state index in [9.17, 15) is 26.2 Å². The number of aromatic nitrogens is 2. The Morgan fingerprint density at radius 1 is 1.29 bits per heavy atom. The molecule has 2 aliphatic rings. The fourth-order valence-electron chi connectivity index (χ4n) is 3.87. The van der Waals surface area contributed by atoms with Crippen molar-refractivity contribution in [1.29, 1.82) is 4.78 Å². The first-order valence-electron chi connectivity index (χ1n) is 9.37. The summed E-state index contributed by atoms with van der Waals surface area (Å²) in [4.78, 5) is 8.98. The number of methoxy groups -OCH3 is 1. The standard InChI is InChI=1S/C19H19F5N4O2S/c1-30-12-4-3-10(9-13(12)31(2,25)29)15-11-5-7-18(20,21)16(11)27-17(26-15)28-8-6-14(28)19(22,23)24/h3-4,9,14,25H,5-8H2,1-2H3/t14-,31?/m1/s1. The van der Waals surface area contributed by atoms with Gasteiger partial charge < -0.3 is 9.64 Å². The van der Waals surface area contributed by atoms with E-state index in [4.69, 9.17) is 9.52 Å². The molecule has 1 saturated heterocycles. The van der Waals surface area contributed by atoms with Gasteiger partial charge >= 0.3 is 6.18 Å². The molecule has 31 heavy (non-hydrogen) atoms. The van der Waals surface area contributed by atoms with Crippen LogP contribution in [-0.2, 0) is 22.1 Å². The third-order valence-electron chi connectivity index (χ3n) is 5.54. The number of hydrogen-bond acceptors (Lipinski definition) is 6. The molecule has 2 heterocycles. The van der Waals surface area contributed by atoms with Crippen LogP contribution >= 0.6 is 0 Å². The Kier molecular flexibility index (Phi) is 4.91. The third-order valence-corrected chi connectivity index (χ3v) is 6.70. The molecule has 0 spiro atoms. The summed E-state index contributed by atoms with van der Waals surface area (Å²) >= 11 is 0. The normalized spacial score (nSPS) is 21.9. The number of halogens is 5. The monoisotopic (exact) mass is 462 g/mol. The van der Waals surface area contributed by atoms with Crippen molar-refractivity contribution in [1.82, 2.24) is 9.97 Å². The van der Waals surface area contributed by atoms with Crippen LogP contribution in [-0.4, -0.2) is 46.3 Å². The lowest BCUT2D eigenvalue weighted by molar-refractivity contribution is -0.160. The molecule has 2 atom stereocenters. The van der Waals surface area contributed by atoms with Crippen LogP contribution in [0.4, 0.5) is 27.9 Å². The van der Waals surface area contributed by atoms with E-state index >= 15 is 0 Å².